The van der Waals surface area contributed by atoms with Crippen molar-refractivity contribution in [3.8, 4) is 0 Å². The van der Waals surface area contributed by atoms with Crippen LogP contribution in [0.4, 0.5) is 0 Å². The first kappa shape index (κ1) is 11.6. The zero-order chi connectivity index (χ0) is 11.7. The molecule has 1 saturated heterocycles. The molecule has 1 unspecified atom stereocenters. The summed E-state index contributed by atoms with van der Waals surface area (Å²) in [7, 11) is 0. The minimum atomic E-state index is 0.122. The third kappa shape index (κ3) is 2.13. The highest BCUT2D eigenvalue weighted by Gasteiger charge is 2.27. The molecule has 1 amide bonds. The molecule has 1 aromatic heterocycles. The Morgan fingerprint density at radius 2 is 2.38 bits per heavy atom. The van der Waals surface area contributed by atoms with Crippen LogP contribution in [0.2, 0.25) is 0 Å². The Morgan fingerprint density at radius 1 is 1.62 bits per heavy atom. The van der Waals surface area contributed by atoms with Crippen LogP contribution in [0.1, 0.15) is 26.5 Å². The average molecular weight is 239 g/mol. The fourth-order valence-corrected chi connectivity index (χ4v) is 3.00. The summed E-state index contributed by atoms with van der Waals surface area (Å²) in [6.45, 7) is 5.73. The maximum absolute atomic E-state index is 12.1. The van der Waals surface area contributed by atoms with Gasteiger partial charge in [0.25, 0.3) is 5.91 Å². The lowest BCUT2D eigenvalue weighted by Crippen LogP contribution is -2.28. The van der Waals surface area contributed by atoms with Crippen molar-refractivity contribution in [1.29, 1.82) is 0 Å². The predicted molar refractivity (Wildman–Crippen MR) is 64.9 cm³/mol. The van der Waals surface area contributed by atoms with Crippen LogP contribution in [0, 0.1) is 19.8 Å². The van der Waals surface area contributed by atoms with Gasteiger partial charge in [-0.05, 0) is 31.9 Å². The molecule has 1 aromatic rings. The van der Waals surface area contributed by atoms with Gasteiger partial charge in [-0.3, -0.25) is 4.79 Å². The van der Waals surface area contributed by atoms with E-state index >= 15 is 0 Å². The van der Waals surface area contributed by atoms with Gasteiger partial charge in [-0.25, -0.2) is 0 Å². The summed E-state index contributed by atoms with van der Waals surface area (Å²) in [6.07, 6.45) is 0.922. The molecule has 88 valence electrons. The van der Waals surface area contributed by atoms with Gasteiger partial charge in [-0.2, -0.15) is 0 Å². The number of aryl methyl sites for hydroxylation is 2. The standard InChI is InChI=1S/C12H17NO2S/c1-8-5-11(16-9(8)2)12(15)13-4-3-10(6-13)7-14/h5,10,14H,3-4,6-7H2,1-2H3. The molecule has 0 spiro atoms. The van der Waals surface area contributed by atoms with E-state index in [9.17, 15) is 4.79 Å². The second-order valence-corrected chi connectivity index (χ2v) is 5.69. The van der Waals surface area contributed by atoms with Crippen LogP contribution in [0.3, 0.4) is 0 Å². The highest BCUT2D eigenvalue weighted by atomic mass is 32.1. The second kappa shape index (κ2) is 4.55. The number of amides is 1. The summed E-state index contributed by atoms with van der Waals surface area (Å²) in [4.78, 5) is 16.0. The monoisotopic (exact) mass is 239 g/mol. The quantitative estimate of drug-likeness (QED) is 0.855. The van der Waals surface area contributed by atoms with Crippen molar-refractivity contribution in [3.63, 3.8) is 0 Å². The number of carbonyl (C=O) groups is 1. The third-order valence-corrected chi connectivity index (χ3v) is 4.35. The van der Waals surface area contributed by atoms with Crippen molar-refractivity contribution in [1.82, 2.24) is 4.90 Å². The highest BCUT2D eigenvalue weighted by Crippen LogP contribution is 2.24. The topological polar surface area (TPSA) is 40.5 Å². The van der Waals surface area contributed by atoms with Crippen LogP contribution in [-0.4, -0.2) is 35.6 Å². The van der Waals surface area contributed by atoms with E-state index < -0.39 is 0 Å². The lowest BCUT2D eigenvalue weighted by atomic mass is 10.1. The molecule has 2 rings (SSSR count). The fourth-order valence-electron chi connectivity index (χ4n) is 2.00. The van der Waals surface area contributed by atoms with Gasteiger partial charge in [0.2, 0.25) is 0 Å². The number of hydrogen-bond acceptors (Lipinski definition) is 3. The Balaban J connectivity index is 2.08. The summed E-state index contributed by atoms with van der Waals surface area (Å²) >= 11 is 1.56. The van der Waals surface area contributed by atoms with Crippen LogP contribution < -0.4 is 0 Å². The number of likely N-dealkylation sites (tertiary alicyclic amines) is 1. The SMILES string of the molecule is Cc1cc(C(=O)N2CCC(CO)C2)sc1C. The Hall–Kier alpha value is -0.870. The lowest BCUT2D eigenvalue weighted by Gasteiger charge is -2.14. The average Bonchev–Trinajstić information content (AvgIpc) is 2.86. The molecule has 4 heteroatoms. The van der Waals surface area contributed by atoms with E-state index in [0.717, 1.165) is 17.8 Å². The van der Waals surface area contributed by atoms with Gasteiger partial charge in [-0.15, -0.1) is 11.3 Å². The van der Waals surface area contributed by atoms with Crippen molar-refractivity contribution in [2.75, 3.05) is 19.7 Å². The van der Waals surface area contributed by atoms with Crippen LogP contribution >= 0.6 is 11.3 Å². The Morgan fingerprint density at radius 3 is 2.88 bits per heavy atom. The first-order chi connectivity index (χ1) is 7.61. The number of carbonyl (C=O) groups excluding carboxylic acids is 1. The summed E-state index contributed by atoms with van der Waals surface area (Å²) in [5.41, 5.74) is 1.19. The molecule has 1 N–H and O–H groups in total. The molecule has 1 atom stereocenters. The van der Waals surface area contributed by atoms with E-state index in [1.165, 1.54) is 10.4 Å². The van der Waals surface area contributed by atoms with Gasteiger partial charge in [-0.1, -0.05) is 0 Å². The molecule has 0 saturated carbocycles. The number of rotatable bonds is 2. The number of thiophene rings is 1. The van der Waals surface area contributed by atoms with Gasteiger partial charge in [0.15, 0.2) is 0 Å². The predicted octanol–water partition coefficient (Wildman–Crippen LogP) is 1.82. The number of aliphatic hydroxyl groups is 1. The molecule has 16 heavy (non-hydrogen) atoms. The Bertz CT molecular complexity index is 380. The molecule has 2 heterocycles. The summed E-state index contributed by atoms with van der Waals surface area (Å²) in [6, 6.07) is 1.97. The highest BCUT2D eigenvalue weighted by molar-refractivity contribution is 7.14. The minimum absolute atomic E-state index is 0.122. The van der Waals surface area contributed by atoms with Crippen molar-refractivity contribution >= 4 is 17.2 Å². The van der Waals surface area contributed by atoms with Gasteiger partial charge >= 0.3 is 0 Å². The maximum atomic E-state index is 12.1. The smallest absolute Gasteiger partial charge is 0.263 e. The number of hydrogen-bond donors (Lipinski definition) is 1. The van der Waals surface area contributed by atoms with Crippen molar-refractivity contribution < 1.29 is 9.90 Å². The van der Waals surface area contributed by atoms with Gasteiger partial charge in [0.05, 0.1) is 4.88 Å². The third-order valence-electron chi connectivity index (χ3n) is 3.21. The van der Waals surface area contributed by atoms with Gasteiger partial charge in [0.1, 0.15) is 0 Å². The fraction of sp³-hybridized carbons (Fsp3) is 0.583. The molecule has 0 bridgehead atoms. The van der Waals surface area contributed by atoms with Crippen LogP contribution in [0.25, 0.3) is 0 Å². The molecular weight excluding hydrogens is 222 g/mol. The second-order valence-electron chi connectivity index (χ2n) is 4.44. The van der Waals surface area contributed by atoms with Crippen molar-refractivity contribution in [2.24, 2.45) is 5.92 Å². The lowest BCUT2D eigenvalue weighted by molar-refractivity contribution is 0.0786. The molecule has 1 aliphatic rings. The van der Waals surface area contributed by atoms with E-state index in [1.54, 1.807) is 11.3 Å². The van der Waals surface area contributed by atoms with Crippen molar-refractivity contribution in [2.45, 2.75) is 20.3 Å². The van der Waals surface area contributed by atoms with E-state index in [4.69, 9.17) is 5.11 Å². The molecular formula is C12H17NO2S. The van der Waals surface area contributed by atoms with E-state index in [-0.39, 0.29) is 18.4 Å². The zero-order valence-electron chi connectivity index (χ0n) is 9.69. The van der Waals surface area contributed by atoms with Crippen LogP contribution in [-0.2, 0) is 0 Å². The normalized spacial score (nSPS) is 20.4. The maximum Gasteiger partial charge on any atom is 0.263 e. The van der Waals surface area contributed by atoms with Gasteiger partial charge < -0.3 is 10.0 Å². The van der Waals surface area contributed by atoms with Crippen LogP contribution in [0.5, 0.6) is 0 Å². The van der Waals surface area contributed by atoms with E-state index in [2.05, 4.69) is 0 Å². The van der Waals surface area contributed by atoms with E-state index in [0.29, 0.717) is 6.54 Å². The molecule has 0 aromatic carbocycles. The largest absolute Gasteiger partial charge is 0.396 e. The molecule has 1 fully saturated rings. The van der Waals surface area contributed by atoms with Crippen molar-refractivity contribution in [3.05, 3.63) is 21.4 Å². The molecule has 3 nitrogen and oxygen atoms in total. The summed E-state index contributed by atoms with van der Waals surface area (Å²) < 4.78 is 0. The first-order valence-electron chi connectivity index (χ1n) is 5.59. The number of aliphatic hydroxyl groups excluding tert-OH is 1. The molecule has 0 radical (unpaired) electrons. The zero-order valence-corrected chi connectivity index (χ0v) is 10.5. The summed E-state index contributed by atoms with van der Waals surface area (Å²) in [5.74, 6) is 0.392. The van der Waals surface area contributed by atoms with Gasteiger partial charge in [0, 0.05) is 30.5 Å². The summed E-state index contributed by atoms with van der Waals surface area (Å²) in [5, 5.41) is 9.05. The Kier molecular flexibility index (Phi) is 3.30. The molecule has 0 aliphatic carbocycles. The Labute approximate surface area is 99.7 Å². The molecule has 1 aliphatic heterocycles. The van der Waals surface area contributed by atoms with Crippen LogP contribution in [0.15, 0.2) is 6.07 Å². The number of nitrogens with zero attached hydrogens (tertiary/aromatic N) is 1. The van der Waals surface area contributed by atoms with E-state index in [1.807, 2.05) is 24.8 Å². The minimum Gasteiger partial charge on any atom is -0.396 e. The first-order valence-corrected chi connectivity index (χ1v) is 6.40.